The zero-order valence-corrected chi connectivity index (χ0v) is 16.4. The van der Waals surface area contributed by atoms with Gasteiger partial charge in [0, 0.05) is 17.3 Å². The van der Waals surface area contributed by atoms with Gasteiger partial charge in [-0.3, -0.25) is 4.98 Å². The summed E-state index contributed by atoms with van der Waals surface area (Å²) in [6, 6.07) is 8.81. The second kappa shape index (κ2) is 7.18. The summed E-state index contributed by atoms with van der Waals surface area (Å²) in [6.45, 7) is 1.84. The number of hydrogen-bond acceptors (Lipinski definition) is 7. The molecule has 136 valence electrons. The number of carbonyl (C=O) groups excluding carboxylic acids is 1. The molecule has 10 heteroatoms. The van der Waals surface area contributed by atoms with Crippen LogP contribution in [0.3, 0.4) is 0 Å². The average molecular weight is 417 g/mol. The lowest BCUT2D eigenvalue weighted by molar-refractivity contribution is 0.246. The monoisotopic (exact) mass is 416 g/mol. The molecule has 0 aliphatic carbocycles. The quantitative estimate of drug-likeness (QED) is 0.516. The number of fused-ring (bicyclic) bond motifs is 1. The van der Waals surface area contributed by atoms with Gasteiger partial charge in [-0.15, -0.1) is 11.3 Å². The van der Waals surface area contributed by atoms with E-state index < -0.39 is 6.03 Å². The summed E-state index contributed by atoms with van der Waals surface area (Å²) in [7, 11) is 0. The van der Waals surface area contributed by atoms with Crippen molar-refractivity contribution in [1.29, 1.82) is 0 Å². The highest BCUT2D eigenvalue weighted by Gasteiger charge is 2.18. The van der Waals surface area contributed by atoms with Gasteiger partial charge in [-0.1, -0.05) is 6.07 Å². The Bertz CT molecular complexity index is 1130. The fourth-order valence-corrected chi connectivity index (χ4v) is 4.53. The Kier molecular flexibility index (Phi) is 4.73. The van der Waals surface area contributed by atoms with Gasteiger partial charge in [-0.2, -0.15) is 4.37 Å². The molecule has 1 atom stereocenters. The Hall–Kier alpha value is -2.62. The molecule has 27 heavy (non-hydrogen) atoms. The second-order valence-electron chi connectivity index (χ2n) is 5.74. The second-order valence-corrected chi connectivity index (χ2v) is 7.86. The van der Waals surface area contributed by atoms with Crippen molar-refractivity contribution in [3.05, 3.63) is 46.8 Å². The van der Waals surface area contributed by atoms with Crippen molar-refractivity contribution in [2.45, 2.75) is 13.0 Å². The number of thiazole rings is 1. The van der Waals surface area contributed by atoms with Crippen molar-refractivity contribution in [2.75, 3.05) is 0 Å². The first kappa shape index (κ1) is 17.8. The number of urea groups is 1. The predicted molar refractivity (Wildman–Crippen MR) is 108 cm³/mol. The number of nitrogens with one attached hydrogen (secondary N) is 1. The molecule has 0 saturated carbocycles. The third-order valence-electron chi connectivity index (χ3n) is 3.82. The van der Waals surface area contributed by atoms with E-state index in [9.17, 15) is 4.79 Å². The molecule has 1 unspecified atom stereocenters. The third-order valence-corrected chi connectivity index (χ3v) is 6.15. The Morgan fingerprint density at radius 2 is 2.15 bits per heavy atom. The molecule has 4 aromatic rings. The van der Waals surface area contributed by atoms with Gasteiger partial charge in [-0.05, 0) is 54.3 Å². The van der Waals surface area contributed by atoms with Crippen LogP contribution in [0.5, 0.6) is 0 Å². The summed E-state index contributed by atoms with van der Waals surface area (Å²) in [5, 5.41) is 4.34. The van der Waals surface area contributed by atoms with Crippen LogP contribution in [0.4, 0.5) is 4.79 Å². The van der Waals surface area contributed by atoms with E-state index in [1.807, 2.05) is 37.3 Å². The minimum absolute atomic E-state index is 0.215. The molecule has 3 heterocycles. The Labute approximate surface area is 167 Å². The topological polar surface area (TPSA) is 107 Å². The first-order valence-corrected chi connectivity index (χ1v) is 9.89. The Morgan fingerprint density at radius 3 is 2.81 bits per heavy atom. The summed E-state index contributed by atoms with van der Waals surface area (Å²) >= 11 is 8.61. The zero-order chi connectivity index (χ0) is 19.0. The van der Waals surface area contributed by atoms with E-state index >= 15 is 0 Å². The summed E-state index contributed by atoms with van der Waals surface area (Å²) in [5.74, 6) is 0. The molecule has 3 aromatic heterocycles. The van der Waals surface area contributed by atoms with Crippen LogP contribution in [0, 0.1) is 0 Å². The smallest absolute Gasteiger partial charge is 0.312 e. The highest BCUT2D eigenvalue weighted by molar-refractivity contribution is 7.19. The number of aromatic nitrogens is 4. The summed E-state index contributed by atoms with van der Waals surface area (Å²) in [5.41, 5.74) is 8.65. The van der Waals surface area contributed by atoms with Crippen molar-refractivity contribution in [1.82, 2.24) is 24.6 Å². The standard InChI is InChI=1S/C17H13ClN6OS2/c1-8(21-17(19)25)14-22-12-7-9(15-23-16(18)24-27-15)6-10(13(12)26-14)11-4-2-3-5-20-11/h2-8H,1H3,(H3,19,21,25). The van der Waals surface area contributed by atoms with E-state index in [1.54, 1.807) is 6.20 Å². The number of rotatable bonds is 4. The summed E-state index contributed by atoms with van der Waals surface area (Å²) < 4.78 is 5.02. The number of carbonyl (C=O) groups is 1. The largest absolute Gasteiger partial charge is 0.352 e. The van der Waals surface area contributed by atoms with E-state index in [4.69, 9.17) is 17.3 Å². The van der Waals surface area contributed by atoms with E-state index in [0.29, 0.717) is 5.01 Å². The highest BCUT2D eigenvalue weighted by Crippen LogP contribution is 2.38. The SMILES string of the molecule is CC(NC(N)=O)c1nc2cc(-c3nc(Cl)ns3)cc(-c3ccccn3)c2s1. The number of primary amides is 1. The first-order chi connectivity index (χ1) is 13.0. The van der Waals surface area contributed by atoms with Gasteiger partial charge < -0.3 is 11.1 Å². The van der Waals surface area contributed by atoms with Crippen LogP contribution in [0.25, 0.3) is 32.0 Å². The Morgan fingerprint density at radius 1 is 1.30 bits per heavy atom. The molecule has 0 spiro atoms. The van der Waals surface area contributed by atoms with E-state index in [0.717, 1.165) is 32.0 Å². The molecule has 3 N–H and O–H groups in total. The minimum Gasteiger partial charge on any atom is -0.352 e. The summed E-state index contributed by atoms with van der Waals surface area (Å²) in [4.78, 5) is 24.6. The van der Waals surface area contributed by atoms with Gasteiger partial charge in [0.15, 0.2) is 0 Å². The van der Waals surface area contributed by atoms with Crippen LogP contribution < -0.4 is 11.1 Å². The fourth-order valence-electron chi connectivity index (χ4n) is 2.67. The number of hydrogen-bond donors (Lipinski definition) is 2. The maximum Gasteiger partial charge on any atom is 0.312 e. The van der Waals surface area contributed by atoms with Gasteiger partial charge in [-0.25, -0.2) is 14.8 Å². The lowest BCUT2D eigenvalue weighted by Crippen LogP contribution is -2.31. The maximum atomic E-state index is 11.2. The molecule has 0 aliphatic rings. The fraction of sp³-hybridized carbons (Fsp3) is 0.118. The molecule has 2 amide bonds. The third kappa shape index (κ3) is 3.61. The number of nitrogens with zero attached hydrogens (tertiary/aromatic N) is 4. The molecule has 1 aromatic carbocycles. The molecule has 0 aliphatic heterocycles. The molecule has 0 radical (unpaired) electrons. The average Bonchev–Trinajstić information content (AvgIpc) is 3.27. The lowest BCUT2D eigenvalue weighted by Gasteiger charge is -2.07. The van der Waals surface area contributed by atoms with Crippen molar-refractivity contribution >= 4 is 50.7 Å². The lowest BCUT2D eigenvalue weighted by atomic mass is 10.1. The zero-order valence-electron chi connectivity index (χ0n) is 14.0. The number of halogens is 1. The molecular weight excluding hydrogens is 404 g/mol. The van der Waals surface area contributed by atoms with E-state index in [2.05, 4.69) is 24.6 Å². The van der Waals surface area contributed by atoms with Crippen LogP contribution in [0.1, 0.15) is 18.0 Å². The number of benzene rings is 1. The van der Waals surface area contributed by atoms with Crippen molar-refractivity contribution in [2.24, 2.45) is 5.73 Å². The van der Waals surface area contributed by atoms with E-state index in [1.165, 1.54) is 22.9 Å². The highest BCUT2D eigenvalue weighted by atomic mass is 35.5. The molecule has 0 bridgehead atoms. The van der Waals surface area contributed by atoms with Crippen LogP contribution in [-0.4, -0.2) is 25.4 Å². The van der Waals surface area contributed by atoms with Crippen molar-refractivity contribution in [3.63, 3.8) is 0 Å². The molecular formula is C17H13ClN6OS2. The van der Waals surface area contributed by atoms with Crippen LogP contribution in [-0.2, 0) is 0 Å². The van der Waals surface area contributed by atoms with Gasteiger partial charge in [0.2, 0.25) is 5.28 Å². The van der Waals surface area contributed by atoms with Gasteiger partial charge in [0.1, 0.15) is 10.0 Å². The van der Waals surface area contributed by atoms with Gasteiger partial charge >= 0.3 is 6.03 Å². The number of nitrogens with two attached hydrogens (primary N) is 1. The first-order valence-electron chi connectivity index (χ1n) is 7.92. The van der Waals surface area contributed by atoms with Crippen LogP contribution in [0.15, 0.2) is 36.5 Å². The van der Waals surface area contributed by atoms with Crippen molar-refractivity contribution < 1.29 is 4.79 Å². The number of pyridine rings is 1. The van der Waals surface area contributed by atoms with Crippen molar-refractivity contribution in [3.8, 4) is 21.8 Å². The Balaban J connectivity index is 1.91. The van der Waals surface area contributed by atoms with Gasteiger partial charge in [0.05, 0.1) is 22.0 Å². The predicted octanol–water partition coefficient (Wildman–Crippen LogP) is 4.26. The molecule has 7 nitrogen and oxygen atoms in total. The molecule has 0 fully saturated rings. The minimum atomic E-state index is -0.587. The summed E-state index contributed by atoms with van der Waals surface area (Å²) in [6.07, 6.45) is 1.74. The van der Waals surface area contributed by atoms with E-state index in [-0.39, 0.29) is 11.3 Å². The van der Waals surface area contributed by atoms with Gasteiger partial charge in [0.25, 0.3) is 0 Å². The maximum absolute atomic E-state index is 11.2. The molecule has 4 rings (SSSR count). The van der Waals surface area contributed by atoms with Crippen LogP contribution in [0.2, 0.25) is 5.28 Å². The number of amides is 2. The van der Waals surface area contributed by atoms with Crippen LogP contribution >= 0.6 is 34.5 Å². The molecule has 0 saturated heterocycles. The normalized spacial score (nSPS) is 12.2.